The van der Waals surface area contributed by atoms with Crippen LogP contribution in [-0.2, 0) is 0 Å². The van der Waals surface area contributed by atoms with Crippen LogP contribution in [0.2, 0.25) is 0 Å². The Morgan fingerprint density at radius 3 is 2.89 bits per heavy atom. The molecule has 0 aliphatic heterocycles. The molecule has 1 aliphatic rings. The molecular weight excluding hydrogens is 222 g/mol. The zero-order valence-corrected chi connectivity index (χ0v) is 10.8. The molecule has 2 atom stereocenters. The van der Waals surface area contributed by atoms with Crippen molar-refractivity contribution < 1.29 is 0 Å². The molecule has 18 heavy (non-hydrogen) atoms. The van der Waals surface area contributed by atoms with Crippen LogP contribution in [0.3, 0.4) is 0 Å². The summed E-state index contributed by atoms with van der Waals surface area (Å²) in [4.78, 5) is 0. The van der Waals surface area contributed by atoms with Crippen LogP contribution in [-0.4, -0.2) is 16.2 Å². The third-order valence-electron chi connectivity index (χ3n) is 4.00. The number of hydrogen-bond donors (Lipinski definition) is 1. The van der Waals surface area contributed by atoms with Crippen molar-refractivity contribution in [2.24, 2.45) is 5.92 Å². The van der Waals surface area contributed by atoms with Gasteiger partial charge in [-0.15, -0.1) is 5.10 Å². The average molecular weight is 241 g/mol. The summed E-state index contributed by atoms with van der Waals surface area (Å²) in [5, 5.41) is 14.3. The van der Waals surface area contributed by atoms with Crippen LogP contribution in [0, 0.1) is 5.92 Å². The second kappa shape index (κ2) is 4.92. The van der Waals surface area contributed by atoms with Crippen LogP contribution < -0.4 is 5.32 Å². The number of rotatable bonds is 2. The average Bonchev–Trinajstić information content (AvgIpc) is 2.42. The molecule has 1 N–H and O–H groups in total. The lowest BCUT2D eigenvalue weighted by molar-refractivity contribution is 0.349. The highest BCUT2D eigenvalue weighted by molar-refractivity contribution is 5.90. The van der Waals surface area contributed by atoms with E-state index in [1.54, 1.807) is 0 Å². The number of benzene rings is 1. The minimum atomic E-state index is 0.541. The van der Waals surface area contributed by atoms with Gasteiger partial charge in [-0.05, 0) is 18.8 Å². The highest BCUT2D eigenvalue weighted by atomic mass is 15.2. The van der Waals surface area contributed by atoms with Gasteiger partial charge >= 0.3 is 0 Å². The van der Waals surface area contributed by atoms with Crippen LogP contribution in [0.5, 0.6) is 0 Å². The predicted molar refractivity (Wildman–Crippen MR) is 74.6 cm³/mol. The van der Waals surface area contributed by atoms with E-state index in [2.05, 4.69) is 40.6 Å². The lowest BCUT2D eigenvalue weighted by Crippen LogP contribution is -2.30. The van der Waals surface area contributed by atoms with Gasteiger partial charge in [-0.25, -0.2) is 0 Å². The molecule has 0 saturated heterocycles. The number of anilines is 1. The summed E-state index contributed by atoms with van der Waals surface area (Å²) in [7, 11) is 0. The quantitative estimate of drug-likeness (QED) is 0.872. The Balaban J connectivity index is 1.90. The summed E-state index contributed by atoms with van der Waals surface area (Å²) >= 11 is 0. The van der Waals surface area contributed by atoms with E-state index in [9.17, 15) is 0 Å². The van der Waals surface area contributed by atoms with Crippen molar-refractivity contribution in [3.63, 3.8) is 0 Å². The summed E-state index contributed by atoms with van der Waals surface area (Å²) in [6.07, 6.45) is 7.06. The maximum atomic E-state index is 4.27. The number of aromatic nitrogens is 2. The van der Waals surface area contributed by atoms with Crippen molar-refractivity contribution in [2.75, 3.05) is 5.32 Å². The molecular formula is C15H19N3. The monoisotopic (exact) mass is 241 g/mol. The van der Waals surface area contributed by atoms with Gasteiger partial charge in [0, 0.05) is 16.8 Å². The summed E-state index contributed by atoms with van der Waals surface area (Å²) in [5.74, 6) is 1.66. The summed E-state index contributed by atoms with van der Waals surface area (Å²) < 4.78 is 0. The maximum absolute atomic E-state index is 4.27. The Bertz CT molecular complexity index is 533. The first-order valence-electron chi connectivity index (χ1n) is 6.81. The second-order valence-electron chi connectivity index (χ2n) is 5.29. The first kappa shape index (κ1) is 11.5. The van der Waals surface area contributed by atoms with Gasteiger partial charge in [-0.2, -0.15) is 5.10 Å². The molecule has 0 amide bonds. The van der Waals surface area contributed by atoms with Crippen molar-refractivity contribution in [1.29, 1.82) is 0 Å². The Labute approximate surface area is 108 Å². The van der Waals surface area contributed by atoms with Crippen molar-refractivity contribution in [2.45, 2.75) is 38.6 Å². The number of hydrogen-bond acceptors (Lipinski definition) is 3. The van der Waals surface area contributed by atoms with Gasteiger partial charge in [-0.3, -0.25) is 0 Å². The molecule has 1 aliphatic carbocycles. The summed E-state index contributed by atoms with van der Waals surface area (Å²) in [6, 6.07) is 8.83. The SMILES string of the molecule is CC1CCCCC1Nc1nncc2ccccc12. The first-order valence-corrected chi connectivity index (χ1v) is 6.81. The molecule has 3 rings (SSSR count). The van der Waals surface area contributed by atoms with Crippen LogP contribution in [0.4, 0.5) is 5.82 Å². The summed E-state index contributed by atoms with van der Waals surface area (Å²) in [5.41, 5.74) is 0. The van der Waals surface area contributed by atoms with Crippen LogP contribution >= 0.6 is 0 Å². The molecule has 94 valence electrons. The van der Waals surface area contributed by atoms with E-state index in [0.717, 1.165) is 17.1 Å². The van der Waals surface area contributed by atoms with E-state index in [0.29, 0.717) is 6.04 Å². The molecule has 3 nitrogen and oxygen atoms in total. The third-order valence-corrected chi connectivity index (χ3v) is 4.00. The largest absolute Gasteiger partial charge is 0.365 e. The van der Waals surface area contributed by atoms with E-state index < -0.39 is 0 Å². The fraction of sp³-hybridized carbons (Fsp3) is 0.467. The lowest BCUT2D eigenvalue weighted by atomic mass is 9.86. The van der Waals surface area contributed by atoms with Gasteiger partial charge < -0.3 is 5.32 Å². The standard InChI is InChI=1S/C15H19N3/c1-11-6-2-5-9-14(11)17-15-13-8-4-3-7-12(13)10-16-18-15/h3-4,7-8,10-11,14H,2,5-6,9H2,1H3,(H,17,18). The topological polar surface area (TPSA) is 37.8 Å². The molecule has 2 unspecified atom stereocenters. The molecule has 1 heterocycles. The third kappa shape index (κ3) is 2.17. The minimum absolute atomic E-state index is 0.541. The number of nitrogens with zero attached hydrogens (tertiary/aromatic N) is 2. The molecule has 1 saturated carbocycles. The smallest absolute Gasteiger partial charge is 0.156 e. The van der Waals surface area contributed by atoms with Crippen molar-refractivity contribution >= 4 is 16.6 Å². The van der Waals surface area contributed by atoms with Crippen molar-refractivity contribution in [1.82, 2.24) is 10.2 Å². The molecule has 0 bridgehead atoms. The Morgan fingerprint density at radius 2 is 2.00 bits per heavy atom. The van der Waals surface area contributed by atoms with E-state index in [1.165, 1.54) is 31.1 Å². The molecule has 1 fully saturated rings. The van der Waals surface area contributed by atoms with Gasteiger partial charge in [0.25, 0.3) is 0 Å². The van der Waals surface area contributed by atoms with Crippen molar-refractivity contribution in [3.05, 3.63) is 30.5 Å². The normalized spacial score (nSPS) is 24.1. The number of fused-ring (bicyclic) bond motifs is 1. The summed E-state index contributed by atoms with van der Waals surface area (Å²) in [6.45, 7) is 2.33. The van der Waals surface area contributed by atoms with E-state index in [4.69, 9.17) is 0 Å². The van der Waals surface area contributed by atoms with E-state index >= 15 is 0 Å². The fourth-order valence-corrected chi connectivity index (χ4v) is 2.84. The zero-order chi connectivity index (χ0) is 12.4. The Morgan fingerprint density at radius 1 is 1.17 bits per heavy atom. The first-order chi connectivity index (χ1) is 8.84. The fourth-order valence-electron chi connectivity index (χ4n) is 2.84. The van der Waals surface area contributed by atoms with Crippen LogP contribution in [0.15, 0.2) is 30.5 Å². The van der Waals surface area contributed by atoms with Gasteiger partial charge in [-0.1, -0.05) is 44.0 Å². The maximum Gasteiger partial charge on any atom is 0.156 e. The second-order valence-corrected chi connectivity index (χ2v) is 5.29. The van der Waals surface area contributed by atoms with Gasteiger partial charge in [0.1, 0.15) is 0 Å². The zero-order valence-electron chi connectivity index (χ0n) is 10.8. The molecule has 1 aromatic heterocycles. The Kier molecular flexibility index (Phi) is 3.13. The lowest BCUT2D eigenvalue weighted by Gasteiger charge is -2.30. The van der Waals surface area contributed by atoms with E-state index in [-0.39, 0.29) is 0 Å². The highest BCUT2D eigenvalue weighted by Gasteiger charge is 2.21. The van der Waals surface area contributed by atoms with Gasteiger partial charge in [0.05, 0.1) is 6.20 Å². The molecule has 1 aromatic carbocycles. The van der Waals surface area contributed by atoms with E-state index in [1.807, 2.05) is 12.3 Å². The van der Waals surface area contributed by atoms with Gasteiger partial charge in [0.15, 0.2) is 5.82 Å². The van der Waals surface area contributed by atoms with Crippen molar-refractivity contribution in [3.8, 4) is 0 Å². The number of nitrogens with one attached hydrogen (secondary N) is 1. The predicted octanol–water partition coefficient (Wildman–Crippen LogP) is 3.62. The van der Waals surface area contributed by atoms with Gasteiger partial charge in [0.2, 0.25) is 0 Å². The molecule has 0 spiro atoms. The molecule has 2 aromatic rings. The van der Waals surface area contributed by atoms with Crippen LogP contribution in [0.25, 0.3) is 10.8 Å². The van der Waals surface area contributed by atoms with Crippen LogP contribution in [0.1, 0.15) is 32.6 Å². The molecule has 3 heteroatoms. The minimum Gasteiger partial charge on any atom is -0.365 e. The molecule has 0 radical (unpaired) electrons. The highest BCUT2D eigenvalue weighted by Crippen LogP contribution is 2.28. The Hall–Kier alpha value is -1.64.